The summed E-state index contributed by atoms with van der Waals surface area (Å²) in [6.07, 6.45) is 4.69. The first kappa shape index (κ1) is 19.0. The predicted molar refractivity (Wildman–Crippen MR) is 104 cm³/mol. The van der Waals surface area contributed by atoms with Gasteiger partial charge in [-0.3, -0.25) is 9.59 Å². The Morgan fingerprint density at radius 2 is 1.93 bits per heavy atom. The Balaban J connectivity index is 1.52. The van der Waals surface area contributed by atoms with Crippen molar-refractivity contribution in [2.24, 2.45) is 5.92 Å². The molecule has 0 radical (unpaired) electrons. The second kappa shape index (κ2) is 8.72. The van der Waals surface area contributed by atoms with Gasteiger partial charge in [-0.25, -0.2) is 0 Å². The molecule has 1 aromatic rings. The van der Waals surface area contributed by atoms with Gasteiger partial charge in [0.2, 0.25) is 11.8 Å². The molecule has 27 heavy (non-hydrogen) atoms. The van der Waals surface area contributed by atoms with Gasteiger partial charge in [0.15, 0.2) is 0 Å². The van der Waals surface area contributed by atoms with E-state index in [4.69, 9.17) is 0 Å². The van der Waals surface area contributed by atoms with E-state index >= 15 is 0 Å². The van der Waals surface area contributed by atoms with Crippen molar-refractivity contribution in [2.75, 3.05) is 31.1 Å². The van der Waals surface area contributed by atoms with E-state index in [0.29, 0.717) is 18.7 Å². The van der Waals surface area contributed by atoms with Crippen LogP contribution in [0.25, 0.3) is 0 Å². The number of nitriles is 1. The van der Waals surface area contributed by atoms with E-state index in [1.165, 1.54) is 6.08 Å². The summed E-state index contributed by atoms with van der Waals surface area (Å²) >= 11 is 0. The molecular weight excluding hydrogens is 340 g/mol. The summed E-state index contributed by atoms with van der Waals surface area (Å²) in [5, 5.41) is 12.4. The zero-order valence-corrected chi connectivity index (χ0v) is 15.6. The lowest BCUT2D eigenvalue weighted by molar-refractivity contribution is -0.132. The van der Waals surface area contributed by atoms with Gasteiger partial charge < -0.3 is 15.1 Å². The van der Waals surface area contributed by atoms with Crippen LogP contribution in [-0.4, -0.2) is 48.9 Å². The Morgan fingerprint density at radius 1 is 1.19 bits per heavy atom. The zero-order chi connectivity index (χ0) is 19.2. The number of piperidine rings is 2. The first-order valence-corrected chi connectivity index (χ1v) is 9.58. The van der Waals surface area contributed by atoms with E-state index in [0.717, 1.165) is 44.5 Å². The molecule has 1 unspecified atom stereocenters. The third-order valence-electron chi connectivity index (χ3n) is 5.49. The summed E-state index contributed by atoms with van der Waals surface area (Å²) in [5.74, 6) is -0.190. The van der Waals surface area contributed by atoms with Crippen LogP contribution in [0.4, 0.5) is 5.69 Å². The molecule has 2 heterocycles. The molecule has 0 spiro atoms. The molecule has 0 saturated carbocycles. The summed E-state index contributed by atoms with van der Waals surface area (Å²) in [5.41, 5.74) is 1.66. The molecule has 2 aliphatic rings. The number of carbonyl (C=O) groups excluding carboxylic acids is 2. The van der Waals surface area contributed by atoms with Crippen molar-refractivity contribution in [1.29, 1.82) is 5.26 Å². The van der Waals surface area contributed by atoms with Gasteiger partial charge in [-0.05, 0) is 43.9 Å². The molecule has 2 saturated heterocycles. The van der Waals surface area contributed by atoms with Gasteiger partial charge in [-0.1, -0.05) is 18.7 Å². The van der Waals surface area contributed by atoms with Crippen molar-refractivity contribution in [3.63, 3.8) is 0 Å². The van der Waals surface area contributed by atoms with Gasteiger partial charge in [0, 0.05) is 32.2 Å². The molecule has 6 nitrogen and oxygen atoms in total. The maximum absolute atomic E-state index is 12.6. The maximum atomic E-state index is 12.6. The monoisotopic (exact) mass is 366 g/mol. The Bertz CT molecular complexity index is 747. The summed E-state index contributed by atoms with van der Waals surface area (Å²) in [6, 6.07) is 10.0. The molecule has 2 amide bonds. The fourth-order valence-electron chi connectivity index (χ4n) is 3.95. The van der Waals surface area contributed by atoms with E-state index in [1.54, 1.807) is 4.90 Å². The minimum Gasteiger partial charge on any atom is -0.370 e. The minimum absolute atomic E-state index is 0.0486. The molecule has 3 rings (SSSR count). The number of hydrogen-bond acceptors (Lipinski definition) is 4. The van der Waals surface area contributed by atoms with Gasteiger partial charge in [0.05, 0.1) is 17.2 Å². The quantitative estimate of drug-likeness (QED) is 0.828. The molecular formula is C21H26N4O2. The summed E-state index contributed by atoms with van der Waals surface area (Å²) in [7, 11) is 0. The highest BCUT2D eigenvalue weighted by Crippen LogP contribution is 2.24. The number of carbonyl (C=O) groups is 2. The van der Waals surface area contributed by atoms with Gasteiger partial charge >= 0.3 is 0 Å². The van der Waals surface area contributed by atoms with Crippen molar-refractivity contribution in [1.82, 2.24) is 10.2 Å². The maximum Gasteiger partial charge on any atom is 0.245 e. The van der Waals surface area contributed by atoms with Crippen LogP contribution in [0.2, 0.25) is 0 Å². The summed E-state index contributed by atoms with van der Waals surface area (Å²) < 4.78 is 0. The van der Waals surface area contributed by atoms with Gasteiger partial charge in [0.25, 0.3) is 0 Å². The lowest BCUT2D eigenvalue weighted by Gasteiger charge is -2.36. The van der Waals surface area contributed by atoms with Gasteiger partial charge in [-0.15, -0.1) is 0 Å². The lowest BCUT2D eigenvalue weighted by atomic mass is 9.95. The molecule has 1 aromatic carbocycles. The SMILES string of the molecule is C=CC(=O)N1CCCC(C(=O)NC2CCN(c3ccccc3C#N)CC2)C1. The van der Waals surface area contributed by atoms with Gasteiger partial charge in [0.1, 0.15) is 6.07 Å². The molecule has 6 heteroatoms. The molecule has 142 valence electrons. The molecule has 0 aliphatic carbocycles. The van der Waals surface area contributed by atoms with E-state index in [9.17, 15) is 14.9 Å². The number of amides is 2. The third-order valence-corrected chi connectivity index (χ3v) is 5.49. The van der Waals surface area contributed by atoms with Crippen molar-refractivity contribution in [3.8, 4) is 6.07 Å². The van der Waals surface area contributed by atoms with Crippen molar-refractivity contribution in [3.05, 3.63) is 42.5 Å². The number of benzene rings is 1. The second-order valence-electron chi connectivity index (χ2n) is 7.23. The van der Waals surface area contributed by atoms with Crippen LogP contribution in [0, 0.1) is 17.2 Å². The molecule has 2 aliphatic heterocycles. The number of nitrogens with one attached hydrogen (secondary N) is 1. The predicted octanol–water partition coefficient (Wildman–Crippen LogP) is 2.07. The molecule has 1 atom stereocenters. The second-order valence-corrected chi connectivity index (χ2v) is 7.23. The molecule has 1 N–H and O–H groups in total. The topological polar surface area (TPSA) is 76.4 Å². The number of hydrogen-bond donors (Lipinski definition) is 1. The molecule has 0 aromatic heterocycles. The Labute approximate surface area is 160 Å². The van der Waals surface area contributed by atoms with Crippen molar-refractivity contribution >= 4 is 17.5 Å². The number of nitrogens with zero attached hydrogens (tertiary/aromatic N) is 3. The first-order chi connectivity index (χ1) is 13.1. The number of rotatable bonds is 4. The lowest BCUT2D eigenvalue weighted by Crippen LogP contribution is -2.50. The van der Waals surface area contributed by atoms with Crippen LogP contribution in [-0.2, 0) is 9.59 Å². The van der Waals surface area contributed by atoms with Crippen LogP contribution in [0.1, 0.15) is 31.2 Å². The zero-order valence-electron chi connectivity index (χ0n) is 15.6. The number of anilines is 1. The van der Waals surface area contributed by atoms with Crippen LogP contribution in [0.15, 0.2) is 36.9 Å². The number of para-hydroxylation sites is 1. The minimum atomic E-state index is -0.139. The molecule has 2 fully saturated rings. The third kappa shape index (κ3) is 4.48. The average Bonchev–Trinajstić information content (AvgIpc) is 2.73. The Kier molecular flexibility index (Phi) is 6.12. The fourth-order valence-corrected chi connectivity index (χ4v) is 3.95. The highest BCUT2D eigenvalue weighted by Gasteiger charge is 2.30. The largest absolute Gasteiger partial charge is 0.370 e. The normalized spacial score (nSPS) is 20.6. The van der Waals surface area contributed by atoms with Crippen LogP contribution in [0.5, 0.6) is 0 Å². The summed E-state index contributed by atoms with van der Waals surface area (Å²) in [4.78, 5) is 28.4. The molecule has 0 bridgehead atoms. The van der Waals surface area contributed by atoms with E-state index in [2.05, 4.69) is 22.9 Å². The smallest absolute Gasteiger partial charge is 0.245 e. The first-order valence-electron chi connectivity index (χ1n) is 9.58. The van der Waals surface area contributed by atoms with Crippen LogP contribution >= 0.6 is 0 Å². The van der Waals surface area contributed by atoms with Crippen molar-refractivity contribution < 1.29 is 9.59 Å². The van der Waals surface area contributed by atoms with Crippen LogP contribution in [0.3, 0.4) is 0 Å². The van der Waals surface area contributed by atoms with E-state index in [1.807, 2.05) is 24.3 Å². The van der Waals surface area contributed by atoms with Crippen LogP contribution < -0.4 is 10.2 Å². The average molecular weight is 366 g/mol. The van der Waals surface area contributed by atoms with E-state index in [-0.39, 0.29) is 23.8 Å². The fraction of sp³-hybridized carbons (Fsp3) is 0.476. The van der Waals surface area contributed by atoms with Gasteiger partial charge in [-0.2, -0.15) is 5.26 Å². The highest BCUT2D eigenvalue weighted by molar-refractivity contribution is 5.88. The number of likely N-dealkylation sites (tertiary alicyclic amines) is 1. The Morgan fingerprint density at radius 3 is 2.63 bits per heavy atom. The standard InChI is InChI=1S/C21H26N4O2/c1-2-20(26)25-11-5-7-17(15-25)21(27)23-18-9-12-24(13-10-18)19-8-4-3-6-16(19)14-22/h2-4,6,8,17-18H,1,5,7,9-13,15H2,(H,23,27). The highest BCUT2D eigenvalue weighted by atomic mass is 16.2. The summed E-state index contributed by atoms with van der Waals surface area (Å²) in [6.45, 7) is 6.33. The van der Waals surface area contributed by atoms with Crippen molar-refractivity contribution in [2.45, 2.75) is 31.7 Å². The Hall–Kier alpha value is -2.81. The van der Waals surface area contributed by atoms with E-state index < -0.39 is 0 Å².